The van der Waals surface area contributed by atoms with Crippen LogP contribution >= 0.6 is 11.6 Å². The Morgan fingerprint density at radius 3 is 2.28 bits per heavy atom. The van der Waals surface area contributed by atoms with E-state index in [0.29, 0.717) is 11.6 Å². The first-order valence-corrected chi connectivity index (χ1v) is 8.40. The van der Waals surface area contributed by atoms with Gasteiger partial charge in [0.15, 0.2) is 0 Å². The number of nitrogens with zero attached hydrogens (tertiary/aromatic N) is 1. The molecule has 0 fully saturated rings. The van der Waals surface area contributed by atoms with Gasteiger partial charge >= 0.3 is 0 Å². The number of sulfone groups is 1. The van der Waals surface area contributed by atoms with E-state index in [-0.39, 0.29) is 11.8 Å². The van der Waals surface area contributed by atoms with E-state index in [9.17, 15) is 8.42 Å². The Morgan fingerprint density at radius 1 is 1.28 bits per heavy atom. The van der Waals surface area contributed by atoms with Crippen molar-refractivity contribution in [1.29, 1.82) is 0 Å². The second-order valence-electron chi connectivity index (χ2n) is 4.59. The molecular formula is C13H20ClNO2S. The van der Waals surface area contributed by atoms with Gasteiger partial charge in [0.05, 0.1) is 5.75 Å². The standard InChI is InChI=1S/C13H20ClNO2S/c1-4-13(11-5-7-12(14)8-6-11)15(2)9-10-18(3,16)17/h5-8,13H,4,9-10H2,1-3H3. The van der Waals surface area contributed by atoms with E-state index >= 15 is 0 Å². The zero-order valence-electron chi connectivity index (χ0n) is 11.1. The summed E-state index contributed by atoms with van der Waals surface area (Å²) < 4.78 is 22.4. The molecule has 0 aromatic heterocycles. The Bertz CT molecular complexity index is 470. The molecule has 0 saturated carbocycles. The van der Waals surface area contributed by atoms with Crippen molar-refractivity contribution in [3.8, 4) is 0 Å². The summed E-state index contributed by atoms with van der Waals surface area (Å²) >= 11 is 5.87. The van der Waals surface area contributed by atoms with Crippen LogP contribution in [0.1, 0.15) is 24.9 Å². The third kappa shape index (κ3) is 4.96. The molecule has 102 valence electrons. The summed E-state index contributed by atoms with van der Waals surface area (Å²) in [4.78, 5) is 2.07. The smallest absolute Gasteiger partial charge is 0.148 e. The fraction of sp³-hybridized carbons (Fsp3) is 0.538. The minimum absolute atomic E-state index is 0.188. The fourth-order valence-electron chi connectivity index (χ4n) is 1.95. The minimum atomic E-state index is -2.91. The molecule has 0 aliphatic heterocycles. The van der Waals surface area contributed by atoms with Gasteiger partial charge in [0.1, 0.15) is 9.84 Å². The maximum Gasteiger partial charge on any atom is 0.148 e. The molecule has 0 aliphatic carbocycles. The van der Waals surface area contributed by atoms with Crippen molar-refractivity contribution in [2.45, 2.75) is 19.4 Å². The fourth-order valence-corrected chi connectivity index (χ4v) is 2.70. The first-order valence-electron chi connectivity index (χ1n) is 5.97. The van der Waals surface area contributed by atoms with Crippen LogP contribution in [0, 0.1) is 0 Å². The predicted octanol–water partition coefficient (Wildman–Crippen LogP) is 2.77. The largest absolute Gasteiger partial charge is 0.298 e. The van der Waals surface area contributed by atoms with Gasteiger partial charge in [-0.2, -0.15) is 0 Å². The Labute approximate surface area is 115 Å². The summed E-state index contributed by atoms with van der Waals surface area (Å²) in [6, 6.07) is 7.94. The second-order valence-corrected chi connectivity index (χ2v) is 7.28. The highest BCUT2D eigenvalue weighted by Crippen LogP contribution is 2.24. The lowest BCUT2D eigenvalue weighted by molar-refractivity contribution is 0.252. The van der Waals surface area contributed by atoms with Crippen LogP contribution in [0.5, 0.6) is 0 Å². The zero-order valence-corrected chi connectivity index (χ0v) is 12.6. The molecule has 18 heavy (non-hydrogen) atoms. The SMILES string of the molecule is CCC(c1ccc(Cl)cc1)N(C)CCS(C)(=O)=O. The summed E-state index contributed by atoms with van der Waals surface area (Å²) in [6.45, 7) is 2.64. The number of hydrogen-bond acceptors (Lipinski definition) is 3. The highest BCUT2D eigenvalue weighted by molar-refractivity contribution is 7.90. The molecule has 5 heteroatoms. The molecular weight excluding hydrogens is 270 g/mol. The highest BCUT2D eigenvalue weighted by Gasteiger charge is 2.16. The van der Waals surface area contributed by atoms with Crippen molar-refractivity contribution in [3.05, 3.63) is 34.9 Å². The molecule has 0 heterocycles. The average molecular weight is 290 g/mol. The van der Waals surface area contributed by atoms with Gasteiger partial charge in [0.25, 0.3) is 0 Å². The highest BCUT2D eigenvalue weighted by atomic mass is 35.5. The van der Waals surface area contributed by atoms with Crippen LogP contribution in [0.2, 0.25) is 5.02 Å². The summed E-state index contributed by atoms with van der Waals surface area (Å²) in [7, 11) is -0.960. The third-order valence-electron chi connectivity index (χ3n) is 2.99. The van der Waals surface area contributed by atoms with Crippen LogP contribution in [-0.2, 0) is 9.84 Å². The molecule has 1 atom stereocenters. The second kappa shape index (κ2) is 6.55. The lowest BCUT2D eigenvalue weighted by atomic mass is 10.0. The molecule has 0 bridgehead atoms. The molecule has 0 aliphatic rings. The molecule has 0 radical (unpaired) electrons. The lowest BCUT2D eigenvalue weighted by Crippen LogP contribution is -2.29. The van der Waals surface area contributed by atoms with Crippen molar-refractivity contribution in [2.24, 2.45) is 0 Å². The maximum absolute atomic E-state index is 11.2. The van der Waals surface area contributed by atoms with Crippen LogP contribution in [0.25, 0.3) is 0 Å². The normalized spacial score (nSPS) is 13.8. The van der Waals surface area contributed by atoms with Gasteiger partial charge in [0, 0.05) is 23.9 Å². The molecule has 0 saturated heterocycles. The van der Waals surface area contributed by atoms with Gasteiger partial charge in [-0.1, -0.05) is 30.7 Å². The van der Waals surface area contributed by atoms with Gasteiger partial charge in [0.2, 0.25) is 0 Å². The summed E-state index contributed by atoms with van der Waals surface area (Å²) in [6.07, 6.45) is 2.20. The van der Waals surface area contributed by atoms with Gasteiger partial charge in [-0.15, -0.1) is 0 Å². The first-order chi connectivity index (χ1) is 8.33. The summed E-state index contributed by atoms with van der Waals surface area (Å²) in [5, 5.41) is 0.715. The molecule has 0 N–H and O–H groups in total. The van der Waals surface area contributed by atoms with Gasteiger partial charge in [-0.25, -0.2) is 8.42 Å². The number of hydrogen-bond donors (Lipinski definition) is 0. The van der Waals surface area contributed by atoms with E-state index in [0.717, 1.165) is 12.0 Å². The zero-order chi connectivity index (χ0) is 13.8. The lowest BCUT2D eigenvalue weighted by Gasteiger charge is -2.27. The molecule has 1 aromatic rings. The molecule has 1 unspecified atom stereocenters. The van der Waals surface area contributed by atoms with Gasteiger partial charge in [-0.3, -0.25) is 4.90 Å². The number of benzene rings is 1. The number of rotatable bonds is 6. The van der Waals surface area contributed by atoms with E-state index in [2.05, 4.69) is 11.8 Å². The maximum atomic E-state index is 11.2. The van der Waals surface area contributed by atoms with Crippen molar-refractivity contribution in [2.75, 3.05) is 25.6 Å². The van der Waals surface area contributed by atoms with Crippen LogP contribution in [-0.4, -0.2) is 38.9 Å². The summed E-state index contributed by atoms with van der Waals surface area (Å²) in [5.74, 6) is 0.188. The van der Waals surface area contributed by atoms with Crippen molar-refractivity contribution >= 4 is 21.4 Å². The first kappa shape index (κ1) is 15.5. The predicted molar refractivity (Wildman–Crippen MR) is 76.8 cm³/mol. The monoisotopic (exact) mass is 289 g/mol. The minimum Gasteiger partial charge on any atom is -0.298 e. The molecule has 0 spiro atoms. The van der Waals surface area contributed by atoms with Crippen LogP contribution in [0.3, 0.4) is 0 Å². The van der Waals surface area contributed by atoms with Crippen LogP contribution in [0.4, 0.5) is 0 Å². The van der Waals surface area contributed by atoms with Gasteiger partial charge in [-0.05, 0) is 31.2 Å². The Morgan fingerprint density at radius 2 is 1.83 bits per heavy atom. The quantitative estimate of drug-likeness (QED) is 0.808. The Kier molecular flexibility index (Phi) is 5.63. The van der Waals surface area contributed by atoms with E-state index in [4.69, 9.17) is 11.6 Å². The number of halogens is 1. The van der Waals surface area contributed by atoms with E-state index < -0.39 is 9.84 Å². The van der Waals surface area contributed by atoms with E-state index in [1.54, 1.807) is 0 Å². The van der Waals surface area contributed by atoms with E-state index in [1.165, 1.54) is 6.26 Å². The molecule has 3 nitrogen and oxygen atoms in total. The van der Waals surface area contributed by atoms with Crippen LogP contribution < -0.4 is 0 Å². The van der Waals surface area contributed by atoms with E-state index in [1.807, 2.05) is 31.3 Å². The van der Waals surface area contributed by atoms with Gasteiger partial charge < -0.3 is 0 Å². The topological polar surface area (TPSA) is 37.4 Å². The van der Waals surface area contributed by atoms with Crippen LogP contribution in [0.15, 0.2) is 24.3 Å². The van der Waals surface area contributed by atoms with Crippen molar-refractivity contribution < 1.29 is 8.42 Å². The Hall–Kier alpha value is -0.580. The molecule has 0 amide bonds. The molecule has 1 rings (SSSR count). The van der Waals surface area contributed by atoms with Crippen molar-refractivity contribution in [1.82, 2.24) is 4.90 Å². The van der Waals surface area contributed by atoms with Crippen molar-refractivity contribution in [3.63, 3.8) is 0 Å². The summed E-state index contributed by atoms with van der Waals surface area (Å²) in [5.41, 5.74) is 1.16. The third-order valence-corrected chi connectivity index (χ3v) is 4.16. The average Bonchev–Trinajstić information content (AvgIpc) is 2.29. The molecule has 1 aromatic carbocycles. The Balaban J connectivity index is 2.74.